The van der Waals surface area contributed by atoms with E-state index in [0.717, 1.165) is 4.90 Å². The number of benzene rings is 1. The molecule has 10 nitrogen and oxygen atoms in total. The number of carbonyl (C=O) groups is 3. The van der Waals surface area contributed by atoms with Crippen molar-refractivity contribution in [2.45, 2.75) is 13.5 Å². The lowest BCUT2D eigenvalue weighted by atomic mass is 10.1. The number of fused-ring (bicyclic) bond motifs is 1. The van der Waals surface area contributed by atoms with Crippen LogP contribution in [0.4, 0.5) is 5.82 Å². The number of nitro groups is 1. The van der Waals surface area contributed by atoms with E-state index in [1.807, 2.05) is 0 Å². The zero-order valence-electron chi connectivity index (χ0n) is 14.8. The second-order valence-corrected chi connectivity index (χ2v) is 5.81. The van der Waals surface area contributed by atoms with Gasteiger partial charge in [-0.25, -0.2) is 0 Å². The van der Waals surface area contributed by atoms with Crippen LogP contribution in [0.1, 0.15) is 33.3 Å². The van der Waals surface area contributed by atoms with Crippen LogP contribution in [0.15, 0.2) is 36.4 Å². The van der Waals surface area contributed by atoms with Gasteiger partial charge < -0.3 is 19.6 Å². The van der Waals surface area contributed by atoms with E-state index in [0.29, 0.717) is 0 Å². The first kappa shape index (κ1) is 19.0. The minimum absolute atomic E-state index is 0.0662. The molecule has 2 aromatic rings. The fraction of sp³-hybridized carbons (Fsp3) is 0.222. The zero-order chi connectivity index (χ0) is 20.3. The van der Waals surface area contributed by atoms with Gasteiger partial charge in [-0.2, -0.15) is 0 Å². The van der Waals surface area contributed by atoms with Crippen molar-refractivity contribution in [2.24, 2.45) is 0 Å². The van der Waals surface area contributed by atoms with E-state index in [1.54, 1.807) is 24.3 Å². The Hall–Kier alpha value is -3.82. The minimum atomic E-state index is -0.729. The lowest BCUT2D eigenvalue weighted by Crippen LogP contribution is -2.29. The van der Waals surface area contributed by atoms with Gasteiger partial charge in [-0.1, -0.05) is 12.1 Å². The Bertz CT molecular complexity index is 938. The van der Waals surface area contributed by atoms with Crippen LogP contribution in [0.25, 0.3) is 0 Å². The van der Waals surface area contributed by atoms with E-state index >= 15 is 0 Å². The van der Waals surface area contributed by atoms with E-state index in [2.05, 4.69) is 4.98 Å². The van der Waals surface area contributed by atoms with Crippen LogP contribution >= 0.6 is 0 Å². The minimum Gasteiger partial charge on any atom is -0.482 e. The molecule has 0 N–H and O–H groups in total. The number of esters is 1. The number of amides is 2. The molecule has 0 radical (unpaired) electrons. The fourth-order valence-electron chi connectivity index (χ4n) is 2.69. The van der Waals surface area contributed by atoms with Gasteiger partial charge in [-0.3, -0.25) is 19.3 Å². The molecule has 1 aromatic heterocycles. The Morgan fingerprint density at radius 3 is 2.32 bits per heavy atom. The van der Waals surface area contributed by atoms with Crippen molar-refractivity contribution in [3.63, 3.8) is 0 Å². The number of carbonyl (C=O) groups excluding carboxylic acids is 3. The predicted molar refractivity (Wildman–Crippen MR) is 93.7 cm³/mol. The quantitative estimate of drug-likeness (QED) is 0.232. The van der Waals surface area contributed by atoms with Crippen LogP contribution < -0.4 is 4.74 Å². The van der Waals surface area contributed by atoms with Gasteiger partial charge in [0.25, 0.3) is 11.8 Å². The van der Waals surface area contributed by atoms with Crippen LogP contribution in [-0.2, 0) is 16.1 Å². The summed E-state index contributed by atoms with van der Waals surface area (Å²) in [6.45, 7) is 0.877. The van der Waals surface area contributed by atoms with Gasteiger partial charge >= 0.3 is 11.8 Å². The van der Waals surface area contributed by atoms with Crippen LogP contribution in [-0.4, -0.2) is 45.8 Å². The molecule has 0 fully saturated rings. The zero-order valence-corrected chi connectivity index (χ0v) is 14.8. The molecule has 0 saturated carbocycles. The normalized spacial score (nSPS) is 12.7. The molecule has 144 valence electrons. The molecule has 1 aromatic carbocycles. The summed E-state index contributed by atoms with van der Waals surface area (Å²) in [5.41, 5.74) is 0.730. The van der Waals surface area contributed by atoms with E-state index in [-0.39, 0.29) is 42.3 Å². The third kappa shape index (κ3) is 3.80. The van der Waals surface area contributed by atoms with Gasteiger partial charge in [0, 0.05) is 6.92 Å². The van der Waals surface area contributed by atoms with Gasteiger partial charge in [0.05, 0.1) is 17.7 Å². The smallest absolute Gasteiger partial charge is 0.406 e. The molecule has 0 unspecified atom stereocenters. The molecular formula is C18H15N3O7. The second-order valence-electron chi connectivity index (χ2n) is 5.81. The summed E-state index contributed by atoms with van der Waals surface area (Å²) >= 11 is 0. The van der Waals surface area contributed by atoms with E-state index < -0.39 is 28.5 Å². The van der Waals surface area contributed by atoms with Crippen molar-refractivity contribution in [1.82, 2.24) is 9.88 Å². The van der Waals surface area contributed by atoms with Gasteiger partial charge in [-0.15, -0.1) is 0 Å². The van der Waals surface area contributed by atoms with Crippen molar-refractivity contribution in [3.8, 4) is 5.75 Å². The number of hydrogen-bond donors (Lipinski definition) is 0. The Labute approximate surface area is 158 Å². The summed E-state index contributed by atoms with van der Waals surface area (Å²) < 4.78 is 9.93. The first-order chi connectivity index (χ1) is 13.4. The number of rotatable bonds is 7. The summed E-state index contributed by atoms with van der Waals surface area (Å²) in [6, 6.07) is 9.15. The molecule has 2 heterocycles. The molecule has 0 saturated heterocycles. The number of nitrogens with zero attached hydrogens (tertiary/aromatic N) is 3. The molecule has 1 aliphatic heterocycles. The number of pyridine rings is 1. The lowest BCUT2D eigenvalue weighted by Gasteiger charge is -2.12. The van der Waals surface area contributed by atoms with Crippen molar-refractivity contribution < 1.29 is 28.8 Å². The highest BCUT2D eigenvalue weighted by atomic mass is 16.6. The highest BCUT2D eigenvalue weighted by molar-refractivity contribution is 6.21. The summed E-state index contributed by atoms with van der Waals surface area (Å²) in [4.78, 5) is 51.0. The van der Waals surface area contributed by atoms with Crippen molar-refractivity contribution in [2.75, 3.05) is 13.2 Å². The van der Waals surface area contributed by atoms with E-state index in [1.165, 1.54) is 19.1 Å². The van der Waals surface area contributed by atoms with Crippen molar-refractivity contribution in [3.05, 3.63) is 63.3 Å². The molecule has 3 rings (SSSR count). The fourth-order valence-corrected chi connectivity index (χ4v) is 2.69. The molecule has 2 amide bonds. The second kappa shape index (κ2) is 7.82. The molecule has 0 spiro atoms. The van der Waals surface area contributed by atoms with Crippen LogP contribution in [0, 0.1) is 10.1 Å². The average molecular weight is 385 g/mol. The maximum atomic E-state index is 12.4. The Kier molecular flexibility index (Phi) is 5.30. The molecule has 0 atom stereocenters. The van der Waals surface area contributed by atoms with Crippen LogP contribution in [0.2, 0.25) is 0 Å². The number of hydrogen-bond acceptors (Lipinski definition) is 8. The van der Waals surface area contributed by atoms with Gasteiger partial charge in [0.15, 0.2) is 5.69 Å². The Balaban J connectivity index is 1.76. The summed E-state index contributed by atoms with van der Waals surface area (Å²) in [5.74, 6) is -2.12. The van der Waals surface area contributed by atoms with E-state index in [4.69, 9.17) is 9.47 Å². The van der Waals surface area contributed by atoms with Crippen molar-refractivity contribution in [1.29, 1.82) is 0 Å². The van der Waals surface area contributed by atoms with Crippen LogP contribution in [0.3, 0.4) is 0 Å². The number of imide groups is 1. The lowest BCUT2D eigenvalue weighted by molar-refractivity contribution is -0.390. The van der Waals surface area contributed by atoms with Crippen LogP contribution in [0.5, 0.6) is 5.75 Å². The Morgan fingerprint density at radius 2 is 1.75 bits per heavy atom. The third-order valence-electron chi connectivity index (χ3n) is 3.91. The third-order valence-corrected chi connectivity index (χ3v) is 3.91. The number of aromatic nitrogens is 1. The molecule has 0 bridgehead atoms. The maximum absolute atomic E-state index is 12.4. The van der Waals surface area contributed by atoms with E-state index in [9.17, 15) is 24.5 Å². The monoisotopic (exact) mass is 385 g/mol. The topological polar surface area (TPSA) is 129 Å². The summed E-state index contributed by atoms with van der Waals surface area (Å²) in [5, 5.41) is 11.3. The highest BCUT2D eigenvalue weighted by Crippen LogP contribution is 2.27. The van der Waals surface area contributed by atoms with Gasteiger partial charge in [0.1, 0.15) is 13.2 Å². The SMILES string of the molecule is CC(=O)OCCOc1ccc(CN2C(=O)c3ccccc3C2=O)nc1[N+](=O)[O-]. The first-order valence-electron chi connectivity index (χ1n) is 8.24. The molecule has 0 aliphatic carbocycles. The highest BCUT2D eigenvalue weighted by Gasteiger charge is 2.36. The summed E-state index contributed by atoms with van der Waals surface area (Å²) in [6.07, 6.45) is 0. The molecular weight excluding hydrogens is 370 g/mol. The largest absolute Gasteiger partial charge is 0.482 e. The molecule has 10 heteroatoms. The van der Waals surface area contributed by atoms with Gasteiger partial charge in [0.2, 0.25) is 5.75 Å². The van der Waals surface area contributed by atoms with Crippen molar-refractivity contribution >= 4 is 23.6 Å². The summed E-state index contributed by atoms with van der Waals surface area (Å²) in [7, 11) is 0. The Morgan fingerprint density at radius 1 is 1.11 bits per heavy atom. The van der Waals surface area contributed by atoms with Gasteiger partial charge in [-0.05, 0) is 34.2 Å². The average Bonchev–Trinajstić information content (AvgIpc) is 2.91. The first-order valence-corrected chi connectivity index (χ1v) is 8.24. The maximum Gasteiger partial charge on any atom is 0.406 e. The molecule has 28 heavy (non-hydrogen) atoms. The molecule has 1 aliphatic rings. The number of ether oxygens (including phenoxy) is 2. The predicted octanol–water partition coefficient (Wildman–Crippen LogP) is 1.73. The standard InChI is InChI=1S/C18H15N3O7/c1-11(22)27-8-9-28-15-7-6-12(19-16(15)21(25)26)10-20-17(23)13-4-2-3-5-14(13)18(20)24/h2-7H,8-10H2,1H3.